The van der Waals surface area contributed by atoms with E-state index in [0.29, 0.717) is 0 Å². The third kappa shape index (κ3) is 2.39. The topological polar surface area (TPSA) is 77.0 Å². The Morgan fingerprint density at radius 3 is 2.06 bits per heavy atom. The van der Waals surface area contributed by atoms with Crippen LogP contribution in [-0.2, 0) is 0 Å². The molecule has 0 aliphatic rings. The van der Waals surface area contributed by atoms with Crippen LogP contribution in [0, 0.1) is 22.7 Å². The van der Waals surface area contributed by atoms with Crippen molar-refractivity contribution in [3.8, 4) is 23.6 Å². The molecule has 1 N–H and O–H groups in total. The van der Waals surface area contributed by atoms with Gasteiger partial charge in [0.25, 0.3) is 0 Å². The smallest absolute Gasteiger partial charge is 0.159 e. The standard InChI is InChI=1S/C11H8Cl2N2O2/c1-5(2)17-11-7(4-15)6(3-14)10(16)8(12)9(11)13/h5,16H,1-2H3. The maximum absolute atomic E-state index is 9.60. The highest BCUT2D eigenvalue weighted by atomic mass is 35.5. The molecule has 0 aliphatic carbocycles. The van der Waals surface area contributed by atoms with E-state index < -0.39 is 5.75 Å². The van der Waals surface area contributed by atoms with E-state index in [1.165, 1.54) is 0 Å². The Bertz CT molecular complexity index is 542. The second-order valence-electron chi connectivity index (χ2n) is 3.45. The maximum Gasteiger partial charge on any atom is 0.159 e. The van der Waals surface area contributed by atoms with Gasteiger partial charge >= 0.3 is 0 Å². The minimum absolute atomic E-state index is 0.0171. The van der Waals surface area contributed by atoms with Gasteiger partial charge in [-0.2, -0.15) is 10.5 Å². The number of rotatable bonds is 2. The SMILES string of the molecule is CC(C)Oc1c(Cl)c(Cl)c(O)c(C#N)c1C#N. The zero-order valence-corrected chi connectivity index (χ0v) is 10.6. The van der Waals surface area contributed by atoms with Gasteiger partial charge in [-0.05, 0) is 13.8 Å². The Balaban J connectivity index is 3.65. The molecule has 0 aromatic heterocycles. The summed E-state index contributed by atoms with van der Waals surface area (Å²) in [6.07, 6.45) is -0.244. The van der Waals surface area contributed by atoms with Crippen molar-refractivity contribution in [2.45, 2.75) is 20.0 Å². The Kier molecular flexibility index (Phi) is 4.07. The third-order valence-corrected chi connectivity index (χ3v) is 2.72. The number of phenolic OH excluding ortho intramolecular Hbond substituents is 1. The lowest BCUT2D eigenvalue weighted by Gasteiger charge is -2.15. The van der Waals surface area contributed by atoms with Crippen molar-refractivity contribution in [1.82, 2.24) is 0 Å². The van der Waals surface area contributed by atoms with Crippen LogP contribution in [0.3, 0.4) is 0 Å². The fraction of sp³-hybridized carbons (Fsp3) is 0.273. The van der Waals surface area contributed by atoms with Gasteiger partial charge in [-0.25, -0.2) is 0 Å². The molecule has 1 rings (SSSR count). The number of hydrogen-bond acceptors (Lipinski definition) is 4. The van der Waals surface area contributed by atoms with Crippen LogP contribution in [0.4, 0.5) is 0 Å². The lowest BCUT2D eigenvalue weighted by Crippen LogP contribution is -2.08. The first kappa shape index (κ1) is 13.4. The molecule has 0 amide bonds. The lowest BCUT2D eigenvalue weighted by atomic mass is 10.1. The fourth-order valence-electron chi connectivity index (χ4n) is 1.22. The van der Waals surface area contributed by atoms with Crippen LogP contribution in [-0.4, -0.2) is 11.2 Å². The number of benzene rings is 1. The van der Waals surface area contributed by atoms with Gasteiger partial charge in [0.1, 0.15) is 33.3 Å². The van der Waals surface area contributed by atoms with E-state index in [1.807, 2.05) is 0 Å². The zero-order chi connectivity index (χ0) is 13.2. The van der Waals surface area contributed by atoms with Crippen LogP contribution in [0.2, 0.25) is 10.0 Å². The molecule has 88 valence electrons. The predicted molar refractivity (Wildman–Crippen MR) is 63.3 cm³/mol. The van der Waals surface area contributed by atoms with Crippen LogP contribution < -0.4 is 4.74 Å². The number of hydrogen-bond donors (Lipinski definition) is 1. The number of nitriles is 2. The normalized spacial score (nSPS) is 9.82. The highest BCUT2D eigenvalue weighted by Gasteiger charge is 2.23. The average Bonchev–Trinajstić information content (AvgIpc) is 2.29. The zero-order valence-electron chi connectivity index (χ0n) is 9.08. The minimum atomic E-state index is -0.508. The van der Waals surface area contributed by atoms with Crippen molar-refractivity contribution < 1.29 is 9.84 Å². The van der Waals surface area contributed by atoms with E-state index in [-0.39, 0.29) is 33.0 Å². The summed E-state index contributed by atoms with van der Waals surface area (Å²) in [4.78, 5) is 0. The molecular weight excluding hydrogens is 263 g/mol. The third-order valence-electron chi connectivity index (χ3n) is 1.89. The van der Waals surface area contributed by atoms with E-state index >= 15 is 0 Å². The average molecular weight is 271 g/mol. The van der Waals surface area contributed by atoms with E-state index in [4.69, 9.17) is 38.5 Å². The first-order chi connectivity index (χ1) is 7.93. The van der Waals surface area contributed by atoms with Gasteiger partial charge in [-0.15, -0.1) is 0 Å². The van der Waals surface area contributed by atoms with E-state index in [0.717, 1.165) is 0 Å². The Labute approximate surface area is 109 Å². The fourth-order valence-corrected chi connectivity index (χ4v) is 1.63. The summed E-state index contributed by atoms with van der Waals surface area (Å²) in [7, 11) is 0. The lowest BCUT2D eigenvalue weighted by molar-refractivity contribution is 0.241. The second-order valence-corrected chi connectivity index (χ2v) is 4.20. The van der Waals surface area contributed by atoms with Gasteiger partial charge < -0.3 is 9.84 Å². The number of ether oxygens (including phenoxy) is 1. The number of nitrogens with zero attached hydrogens (tertiary/aromatic N) is 2. The molecule has 0 aliphatic heterocycles. The first-order valence-electron chi connectivity index (χ1n) is 4.64. The van der Waals surface area contributed by atoms with Gasteiger partial charge in [0.15, 0.2) is 11.5 Å². The molecule has 0 unspecified atom stereocenters. The molecule has 17 heavy (non-hydrogen) atoms. The Morgan fingerprint density at radius 1 is 1.12 bits per heavy atom. The summed E-state index contributed by atoms with van der Waals surface area (Å²) < 4.78 is 5.34. The van der Waals surface area contributed by atoms with Crippen molar-refractivity contribution in [3.05, 3.63) is 21.2 Å². The quantitative estimate of drug-likeness (QED) is 0.895. The second kappa shape index (κ2) is 5.14. The van der Waals surface area contributed by atoms with Crippen LogP contribution in [0.5, 0.6) is 11.5 Å². The number of phenols is 1. The first-order valence-corrected chi connectivity index (χ1v) is 5.40. The summed E-state index contributed by atoms with van der Waals surface area (Å²) in [5.41, 5.74) is -0.356. The van der Waals surface area contributed by atoms with Gasteiger partial charge in [0.05, 0.1) is 6.10 Å². The summed E-state index contributed by atoms with van der Waals surface area (Å²) >= 11 is 11.6. The predicted octanol–water partition coefficient (Wildman–Crippen LogP) is 3.23. The van der Waals surface area contributed by atoms with Crippen LogP contribution in [0.1, 0.15) is 25.0 Å². The summed E-state index contributed by atoms with van der Waals surface area (Å²) in [6.45, 7) is 3.48. The molecule has 0 radical (unpaired) electrons. The molecule has 4 nitrogen and oxygen atoms in total. The molecule has 0 heterocycles. The molecule has 1 aromatic carbocycles. The van der Waals surface area contributed by atoms with E-state index in [1.54, 1.807) is 26.0 Å². The summed E-state index contributed by atoms with van der Waals surface area (Å²) in [5, 5.41) is 27.2. The maximum atomic E-state index is 9.60. The number of halogens is 2. The van der Waals surface area contributed by atoms with Crippen molar-refractivity contribution in [2.24, 2.45) is 0 Å². The highest BCUT2D eigenvalue weighted by molar-refractivity contribution is 6.44. The van der Waals surface area contributed by atoms with Gasteiger partial charge in [0.2, 0.25) is 0 Å². The monoisotopic (exact) mass is 270 g/mol. The van der Waals surface area contributed by atoms with E-state index in [2.05, 4.69) is 0 Å². The van der Waals surface area contributed by atoms with Gasteiger partial charge in [-0.1, -0.05) is 23.2 Å². The van der Waals surface area contributed by atoms with Gasteiger partial charge in [0, 0.05) is 0 Å². The molecular formula is C11H8Cl2N2O2. The van der Waals surface area contributed by atoms with Crippen LogP contribution >= 0.6 is 23.2 Å². The molecule has 1 aromatic rings. The molecule has 0 saturated heterocycles. The largest absolute Gasteiger partial charge is 0.505 e. The molecule has 0 saturated carbocycles. The van der Waals surface area contributed by atoms with E-state index in [9.17, 15) is 5.11 Å². The van der Waals surface area contributed by atoms with Crippen molar-refractivity contribution in [1.29, 1.82) is 10.5 Å². The van der Waals surface area contributed by atoms with Crippen molar-refractivity contribution >= 4 is 23.2 Å². The van der Waals surface area contributed by atoms with Crippen LogP contribution in [0.15, 0.2) is 0 Å². The molecule has 0 spiro atoms. The molecule has 0 fully saturated rings. The summed E-state index contributed by atoms with van der Waals surface area (Å²) in [5.74, 6) is -0.490. The van der Waals surface area contributed by atoms with Crippen molar-refractivity contribution in [3.63, 3.8) is 0 Å². The molecule has 0 atom stereocenters. The minimum Gasteiger partial charge on any atom is -0.505 e. The van der Waals surface area contributed by atoms with Crippen molar-refractivity contribution in [2.75, 3.05) is 0 Å². The molecule has 6 heteroatoms. The Hall–Kier alpha value is -1.62. The van der Waals surface area contributed by atoms with Gasteiger partial charge in [-0.3, -0.25) is 0 Å². The molecule has 0 bridgehead atoms. The summed E-state index contributed by atoms with van der Waals surface area (Å²) in [6, 6.07) is 3.48. The van der Waals surface area contributed by atoms with Crippen LogP contribution in [0.25, 0.3) is 0 Å². The number of aromatic hydroxyl groups is 1. The Morgan fingerprint density at radius 2 is 1.65 bits per heavy atom. The highest BCUT2D eigenvalue weighted by Crippen LogP contribution is 2.44.